The lowest BCUT2D eigenvalue weighted by Crippen LogP contribution is -2.41. The fraction of sp³-hybridized carbons (Fsp3) is 0.364. The van der Waals surface area contributed by atoms with Crippen molar-refractivity contribution in [3.8, 4) is 0 Å². The Balaban J connectivity index is 0.00000320. The van der Waals surface area contributed by atoms with Crippen molar-refractivity contribution in [1.82, 2.24) is 4.90 Å². The van der Waals surface area contributed by atoms with Gasteiger partial charge in [-0.2, -0.15) is 0 Å². The summed E-state index contributed by atoms with van der Waals surface area (Å²) < 4.78 is 10.9. The summed E-state index contributed by atoms with van der Waals surface area (Å²) in [4.78, 5) is 26.6. The maximum atomic E-state index is 12.3. The third-order valence-electron chi connectivity index (χ3n) is 4.62. The highest BCUT2D eigenvalue weighted by atomic mass is 16.6. The lowest BCUT2D eigenvalue weighted by Gasteiger charge is -2.30. The molecule has 162 valence electrons. The minimum absolute atomic E-state index is 0. The average Bonchev–Trinajstić information content (AvgIpc) is 2.74. The third-order valence-corrected chi connectivity index (χ3v) is 4.62. The first-order chi connectivity index (χ1) is 14.2. The fourth-order valence-corrected chi connectivity index (χ4v) is 3.22. The smallest absolute Gasteiger partial charge is 0.412 e. The summed E-state index contributed by atoms with van der Waals surface area (Å²) in [6, 6.07) is 18.2. The molecule has 8 nitrogen and oxygen atoms in total. The molecule has 30 heavy (non-hydrogen) atoms. The van der Waals surface area contributed by atoms with Gasteiger partial charge < -0.3 is 14.9 Å². The summed E-state index contributed by atoms with van der Waals surface area (Å²) in [5, 5.41) is 5.36. The highest BCUT2D eigenvalue weighted by Crippen LogP contribution is 2.12. The number of nitrogens with one attached hydrogen (secondary N) is 2. The first kappa shape index (κ1) is 23.2. The molecular formula is C22H29N3O5. The standard InChI is InChI=1S/C22H27N3O4.H2O/c26-21(23-18-10-4-1-5-11-18)28-17-20(16-25-14-8-3-9-15-25)29-22(27)24-19-12-6-2-7-13-19;/h1-2,4-7,10-13,20H,3,8-9,14-17H2,(H,23,26)(H,24,27);1H2. The van der Waals surface area contributed by atoms with Gasteiger partial charge in [-0.15, -0.1) is 0 Å². The summed E-state index contributed by atoms with van der Waals surface area (Å²) in [6.45, 7) is 2.42. The van der Waals surface area contributed by atoms with Gasteiger partial charge >= 0.3 is 12.2 Å². The minimum Gasteiger partial charge on any atom is -0.445 e. The van der Waals surface area contributed by atoms with E-state index < -0.39 is 18.3 Å². The number of piperidine rings is 1. The first-order valence-corrected chi connectivity index (χ1v) is 9.93. The van der Waals surface area contributed by atoms with Crippen LogP contribution in [0.2, 0.25) is 0 Å². The van der Waals surface area contributed by atoms with Crippen LogP contribution in [-0.2, 0) is 9.47 Å². The van der Waals surface area contributed by atoms with Gasteiger partial charge in [-0.1, -0.05) is 42.8 Å². The van der Waals surface area contributed by atoms with Crippen molar-refractivity contribution < 1.29 is 24.5 Å². The molecule has 0 saturated carbocycles. The van der Waals surface area contributed by atoms with Crippen LogP contribution < -0.4 is 10.6 Å². The zero-order chi connectivity index (χ0) is 20.3. The van der Waals surface area contributed by atoms with E-state index in [-0.39, 0.29) is 12.1 Å². The Kier molecular flexibility index (Phi) is 9.63. The zero-order valence-electron chi connectivity index (χ0n) is 16.9. The number of hydrogen-bond donors (Lipinski definition) is 2. The van der Waals surface area contributed by atoms with E-state index in [1.807, 2.05) is 36.4 Å². The molecule has 1 atom stereocenters. The first-order valence-electron chi connectivity index (χ1n) is 9.93. The average molecular weight is 415 g/mol. The van der Waals surface area contributed by atoms with Gasteiger partial charge in [-0.3, -0.25) is 15.5 Å². The molecule has 3 rings (SSSR count). The molecular weight excluding hydrogens is 386 g/mol. The molecule has 0 aliphatic carbocycles. The molecule has 8 heteroatoms. The van der Waals surface area contributed by atoms with Gasteiger partial charge in [0.05, 0.1) is 0 Å². The molecule has 0 aromatic heterocycles. The number of para-hydroxylation sites is 2. The second-order valence-electron chi connectivity index (χ2n) is 6.97. The number of anilines is 2. The van der Waals surface area contributed by atoms with E-state index in [4.69, 9.17) is 9.47 Å². The number of ether oxygens (including phenoxy) is 2. The summed E-state index contributed by atoms with van der Waals surface area (Å²) >= 11 is 0. The van der Waals surface area contributed by atoms with Gasteiger partial charge in [0.15, 0.2) is 6.10 Å². The number of carbonyl (C=O) groups is 2. The molecule has 1 saturated heterocycles. The van der Waals surface area contributed by atoms with Crippen molar-refractivity contribution in [2.24, 2.45) is 0 Å². The molecule has 1 heterocycles. The van der Waals surface area contributed by atoms with E-state index in [0.29, 0.717) is 17.9 Å². The van der Waals surface area contributed by atoms with Crippen molar-refractivity contribution >= 4 is 23.6 Å². The van der Waals surface area contributed by atoms with Crippen LogP contribution in [0.5, 0.6) is 0 Å². The van der Waals surface area contributed by atoms with Gasteiger partial charge in [-0.05, 0) is 50.2 Å². The number of likely N-dealkylation sites (tertiary alicyclic amines) is 1. The van der Waals surface area contributed by atoms with Crippen LogP contribution in [0.15, 0.2) is 60.7 Å². The van der Waals surface area contributed by atoms with Crippen LogP contribution in [0, 0.1) is 0 Å². The van der Waals surface area contributed by atoms with E-state index >= 15 is 0 Å². The van der Waals surface area contributed by atoms with Crippen molar-refractivity contribution in [1.29, 1.82) is 0 Å². The third kappa shape index (κ3) is 8.10. The largest absolute Gasteiger partial charge is 0.445 e. The summed E-state index contributed by atoms with van der Waals surface area (Å²) in [6.07, 6.45) is 1.76. The van der Waals surface area contributed by atoms with E-state index in [1.54, 1.807) is 24.3 Å². The van der Waals surface area contributed by atoms with Crippen LogP contribution in [0.4, 0.5) is 21.0 Å². The van der Waals surface area contributed by atoms with Crippen molar-refractivity contribution in [2.45, 2.75) is 25.4 Å². The van der Waals surface area contributed by atoms with Gasteiger partial charge in [0.2, 0.25) is 0 Å². The Labute approximate surface area is 176 Å². The van der Waals surface area contributed by atoms with E-state index in [1.165, 1.54) is 6.42 Å². The highest BCUT2D eigenvalue weighted by molar-refractivity contribution is 5.85. The quantitative estimate of drug-likeness (QED) is 0.719. The van der Waals surface area contributed by atoms with Crippen LogP contribution in [-0.4, -0.2) is 54.9 Å². The van der Waals surface area contributed by atoms with Crippen LogP contribution in [0.3, 0.4) is 0 Å². The van der Waals surface area contributed by atoms with E-state index in [9.17, 15) is 9.59 Å². The fourth-order valence-electron chi connectivity index (χ4n) is 3.22. The summed E-state index contributed by atoms with van der Waals surface area (Å²) in [5.74, 6) is 0. The Hall–Kier alpha value is -3.10. The molecule has 1 aliphatic heterocycles. The van der Waals surface area contributed by atoms with Gasteiger partial charge in [0.25, 0.3) is 0 Å². The predicted octanol–water partition coefficient (Wildman–Crippen LogP) is 3.51. The maximum Gasteiger partial charge on any atom is 0.412 e. The molecule has 2 amide bonds. The van der Waals surface area contributed by atoms with Crippen LogP contribution >= 0.6 is 0 Å². The van der Waals surface area contributed by atoms with E-state index in [0.717, 1.165) is 25.9 Å². The van der Waals surface area contributed by atoms with Crippen LogP contribution in [0.1, 0.15) is 19.3 Å². The lowest BCUT2D eigenvalue weighted by molar-refractivity contribution is 0.0299. The molecule has 1 aliphatic rings. The number of benzene rings is 2. The van der Waals surface area contributed by atoms with E-state index in [2.05, 4.69) is 15.5 Å². The number of hydrogen-bond acceptors (Lipinski definition) is 5. The Morgan fingerprint density at radius 1 is 0.833 bits per heavy atom. The topological polar surface area (TPSA) is 111 Å². The van der Waals surface area contributed by atoms with Crippen molar-refractivity contribution in [3.63, 3.8) is 0 Å². The van der Waals surface area contributed by atoms with Crippen molar-refractivity contribution in [3.05, 3.63) is 60.7 Å². The molecule has 1 unspecified atom stereocenters. The molecule has 4 N–H and O–H groups in total. The molecule has 2 aromatic carbocycles. The number of nitrogens with zero attached hydrogens (tertiary/aromatic N) is 1. The van der Waals surface area contributed by atoms with Gasteiger partial charge in [0, 0.05) is 17.9 Å². The molecule has 1 fully saturated rings. The zero-order valence-corrected chi connectivity index (χ0v) is 16.9. The number of carbonyl (C=O) groups excluding carboxylic acids is 2. The molecule has 0 bridgehead atoms. The van der Waals surface area contributed by atoms with Gasteiger partial charge in [0.1, 0.15) is 6.61 Å². The molecule has 2 aromatic rings. The second kappa shape index (κ2) is 12.5. The summed E-state index contributed by atoms with van der Waals surface area (Å²) in [5.41, 5.74) is 1.30. The Bertz CT molecular complexity index is 767. The minimum atomic E-state index is -0.577. The van der Waals surface area contributed by atoms with Gasteiger partial charge in [-0.25, -0.2) is 9.59 Å². The maximum absolute atomic E-state index is 12.3. The molecule has 0 spiro atoms. The SMILES string of the molecule is O.O=C(Nc1ccccc1)OCC(CN1CCCCC1)OC(=O)Nc1ccccc1. The van der Waals surface area contributed by atoms with Crippen LogP contribution in [0.25, 0.3) is 0 Å². The number of amides is 2. The predicted molar refractivity (Wildman–Crippen MR) is 116 cm³/mol. The lowest BCUT2D eigenvalue weighted by atomic mass is 10.1. The second-order valence-corrected chi connectivity index (χ2v) is 6.97. The van der Waals surface area contributed by atoms with Crippen molar-refractivity contribution in [2.75, 3.05) is 36.9 Å². The monoisotopic (exact) mass is 415 g/mol. The normalized spacial score (nSPS) is 14.7. The highest BCUT2D eigenvalue weighted by Gasteiger charge is 2.22. The summed E-state index contributed by atoms with van der Waals surface area (Å²) in [7, 11) is 0. The Morgan fingerprint density at radius 3 is 1.93 bits per heavy atom. The number of rotatable bonds is 7. The molecule has 0 radical (unpaired) electrons. The Morgan fingerprint density at radius 2 is 1.37 bits per heavy atom.